The van der Waals surface area contributed by atoms with Gasteiger partial charge in [0.25, 0.3) is 0 Å². The minimum atomic E-state index is -1.40. The Morgan fingerprint density at radius 3 is 2.33 bits per heavy atom. The second-order valence-corrected chi connectivity index (χ2v) is 9.00. The van der Waals surface area contributed by atoms with Crippen molar-refractivity contribution in [3.05, 3.63) is 0 Å². The number of Topliss-reactive ketones (excluding diaryl/α,β-unsaturated/α-hetero) is 1. The predicted octanol–water partition coefficient (Wildman–Crippen LogP) is 0.551. The summed E-state index contributed by atoms with van der Waals surface area (Å²) in [5.41, 5.74) is -0.339. The van der Waals surface area contributed by atoms with Crippen molar-refractivity contribution < 1.29 is 24.9 Å². The molecule has 0 bridgehead atoms. The Morgan fingerprint density at radius 2 is 1.78 bits per heavy atom. The number of carbonyl (C=O) groups is 2. The molecule has 0 aromatic heterocycles. The molecule has 27 heavy (non-hydrogen) atoms. The summed E-state index contributed by atoms with van der Waals surface area (Å²) in [6.07, 6.45) is 3.51. The molecule has 1 amide bonds. The summed E-state index contributed by atoms with van der Waals surface area (Å²) >= 11 is 0. The number of piperidine rings is 1. The maximum atomic E-state index is 12.5. The lowest BCUT2D eigenvalue weighted by Crippen LogP contribution is -2.60. The Bertz CT molecular complexity index is 515. The van der Waals surface area contributed by atoms with E-state index in [2.05, 4.69) is 0 Å². The van der Waals surface area contributed by atoms with Crippen LogP contribution in [0.4, 0.5) is 0 Å². The number of carbonyl (C=O) groups excluding carboxylic acids is 2. The quantitative estimate of drug-likeness (QED) is 0.502. The van der Waals surface area contributed by atoms with Crippen LogP contribution >= 0.6 is 0 Å². The number of rotatable bonds is 9. The summed E-state index contributed by atoms with van der Waals surface area (Å²) < 4.78 is 0. The number of aliphatic hydroxyl groups excluding tert-OH is 3. The molecular formula is C20H36N2O5. The molecule has 156 valence electrons. The minimum absolute atomic E-state index is 0.202. The molecule has 2 aliphatic rings. The molecule has 0 spiro atoms. The Morgan fingerprint density at radius 1 is 1.15 bits per heavy atom. The van der Waals surface area contributed by atoms with Gasteiger partial charge in [-0.3, -0.25) is 14.5 Å². The van der Waals surface area contributed by atoms with Gasteiger partial charge >= 0.3 is 0 Å². The molecule has 2 rings (SSSR count). The van der Waals surface area contributed by atoms with Crippen LogP contribution < -0.4 is 0 Å². The van der Waals surface area contributed by atoms with Gasteiger partial charge in [0.2, 0.25) is 5.91 Å². The standard InChI is InChI=1S/C20H36N2O5/c1-20(2,3)19(27)22(14-8-9-14)11-7-5-4-6-10-21-12-16(24)18(26)17(25)15(21)13-23/h14-16,18,23-24,26H,4-13H2,1-3H3. The van der Waals surface area contributed by atoms with Gasteiger partial charge in [-0.25, -0.2) is 0 Å². The molecule has 1 aliphatic carbocycles. The highest BCUT2D eigenvalue weighted by Gasteiger charge is 2.40. The maximum absolute atomic E-state index is 12.5. The number of aliphatic hydroxyl groups is 3. The third kappa shape index (κ3) is 5.98. The fourth-order valence-corrected chi connectivity index (χ4v) is 3.70. The number of β-amino-alcohol motifs (C(OH)–C–C–N with tert-alkyl or cyclic N) is 1. The zero-order chi connectivity index (χ0) is 20.2. The van der Waals surface area contributed by atoms with Gasteiger partial charge < -0.3 is 20.2 Å². The number of nitrogens with zero attached hydrogens (tertiary/aromatic N) is 2. The molecule has 0 aromatic carbocycles. The highest BCUT2D eigenvalue weighted by molar-refractivity contribution is 5.89. The van der Waals surface area contributed by atoms with Gasteiger partial charge in [0.05, 0.1) is 18.8 Å². The van der Waals surface area contributed by atoms with Crippen molar-refractivity contribution in [2.24, 2.45) is 5.41 Å². The van der Waals surface area contributed by atoms with E-state index < -0.39 is 24.0 Å². The normalized spacial score (nSPS) is 27.0. The van der Waals surface area contributed by atoms with Crippen LogP contribution in [-0.2, 0) is 9.59 Å². The monoisotopic (exact) mass is 384 g/mol. The molecule has 3 N–H and O–H groups in total. The van der Waals surface area contributed by atoms with E-state index in [0.29, 0.717) is 12.6 Å². The van der Waals surface area contributed by atoms with Gasteiger partial charge in [-0.1, -0.05) is 33.6 Å². The smallest absolute Gasteiger partial charge is 0.228 e. The summed E-state index contributed by atoms with van der Waals surface area (Å²) in [6, 6.07) is -0.299. The molecule has 3 unspecified atom stereocenters. The predicted molar refractivity (Wildman–Crippen MR) is 102 cm³/mol. The van der Waals surface area contributed by atoms with E-state index in [9.17, 15) is 24.9 Å². The maximum Gasteiger partial charge on any atom is 0.228 e. The third-order valence-electron chi connectivity index (χ3n) is 5.50. The third-order valence-corrected chi connectivity index (χ3v) is 5.50. The fourth-order valence-electron chi connectivity index (χ4n) is 3.70. The summed E-state index contributed by atoms with van der Waals surface area (Å²) in [7, 11) is 0. The molecule has 1 heterocycles. The van der Waals surface area contributed by atoms with Crippen molar-refractivity contribution in [1.82, 2.24) is 9.80 Å². The first-order valence-corrected chi connectivity index (χ1v) is 10.2. The van der Waals surface area contributed by atoms with E-state index in [1.54, 1.807) is 4.90 Å². The molecule has 1 saturated heterocycles. The molecule has 7 heteroatoms. The lowest BCUT2D eigenvalue weighted by molar-refractivity contribution is -0.149. The average Bonchev–Trinajstić information content (AvgIpc) is 3.43. The average molecular weight is 385 g/mol. The number of hydrogen-bond acceptors (Lipinski definition) is 6. The van der Waals surface area contributed by atoms with Crippen molar-refractivity contribution in [2.75, 3.05) is 26.2 Å². The van der Waals surface area contributed by atoms with E-state index >= 15 is 0 Å². The SMILES string of the molecule is CC(C)(C)C(=O)N(CCCCCCN1CC(O)C(O)C(=O)C1CO)C1CC1. The van der Waals surface area contributed by atoms with Gasteiger partial charge in [-0.15, -0.1) is 0 Å². The van der Waals surface area contributed by atoms with E-state index in [4.69, 9.17) is 0 Å². The summed E-state index contributed by atoms with van der Waals surface area (Å²) in [5, 5.41) is 28.8. The van der Waals surface area contributed by atoms with Gasteiger partial charge in [0.1, 0.15) is 6.10 Å². The van der Waals surface area contributed by atoms with Gasteiger partial charge in [0, 0.05) is 24.5 Å². The van der Waals surface area contributed by atoms with Crippen LogP contribution in [0.1, 0.15) is 59.3 Å². The van der Waals surface area contributed by atoms with Crippen molar-refractivity contribution in [3.63, 3.8) is 0 Å². The first-order chi connectivity index (χ1) is 12.7. The highest BCUT2D eigenvalue weighted by atomic mass is 16.3. The van der Waals surface area contributed by atoms with Gasteiger partial charge in [0.15, 0.2) is 5.78 Å². The molecule has 3 atom stereocenters. The summed E-state index contributed by atoms with van der Waals surface area (Å²) in [5.74, 6) is -0.271. The van der Waals surface area contributed by atoms with Gasteiger partial charge in [-0.05, 0) is 32.2 Å². The van der Waals surface area contributed by atoms with Crippen LogP contribution in [-0.4, -0.2) is 87.3 Å². The highest BCUT2D eigenvalue weighted by Crippen LogP contribution is 2.31. The number of hydrogen-bond donors (Lipinski definition) is 3. The summed E-state index contributed by atoms with van der Waals surface area (Å²) in [6.45, 7) is 7.16. The zero-order valence-electron chi connectivity index (χ0n) is 16.9. The van der Waals surface area contributed by atoms with E-state index in [1.807, 2.05) is 25.7 Å². The Labute approximate surface area is 162 Å². The second-order valence-electron chi connectivity index (χ2n) is 9.00. The van der Waals surface area contributed by atoms with Crippen molar-refractivity contribution in [1.29, 1.82) is 0 Å². The fraction of sp³-hybridized carbons (Fsp3) is 0.900. The Balaban J connectivity index is 1.69. The Hall–Kier alpha value is -1.02. The Kier molecular flexibility index (Phi) is 7.80. The van der Waals surface area contributed by atoms with E-state index in [0.717, 1.165) is 45.1 Å². The van der Waals surface area contributed by atoms with Crippen LogP contribution in [0.25, 0.3) is 0 Å². The molecule has 2 fully saturated rings. The lowest BCUT2D eigenvalue weighted by Gasteiger charge is -2.38. The molecule has 0 aromatic rings. The first kappa shape index (κ1) is 22.3. The van der Waals surface area contributed by atoms with Crippen LogP contribution in [0.3, 0.4) is 0 Å². The molecule has 1 saturated carbocycles. The van der Waals surface area contributed by atoms with Crippen LogP contribution in [0.15, 0.2) is 0 Å². The summed E-state index contributed by atoms with van der Waals surface area (Å²) in [4.78, 5) is 28.3. The number of likely N-dealkylation sites (tertiary alicyclic amines) is 1. The zero-order valence-corrected chi connectivity index (χ0v) is 16.9. The molecule has 0 radical (unpaired) electrons. The van der Waals surface area contributed by atoms with Crippen molar-refractivity contribution in [3.8, 4) is 0 Å². The number of amides is 1. The van der Waals surface area contributed by atoms with Crippen molar-refractivity contribution >= 4 is 11.7 Å². The molecular weight excluding hydrogens is 348 g/mol. The van der Waals surface area contributed by atoms with E-state index in [-0.39, 0.29) is 24.5 Å². The molecule has 7 nitrogen and oxygen atoms in total. The van der Waals surface area contributed by atoms with Crippen molar-refractivity contribution in [2.45, 2.75) is 83.6 Å². The first-order valence-electron chi connectivity index (χ1n) is 10.2. The minimum Gasteiger partial charge on any atom is -0.394 e. The molecule has 1 aliphatic heterocycles. The van der Waals surface area contributed by atoms with Crippen LogP contribution in [0.5, 0.6) is 0 Å². The van der Waals surface area contributed by atoms with Crippen LogP contribution in [0, 0.1) is 5.41 Å². The number of ketones is 1. The lowest BCUT2D eigenvalue weighted by atomic mass is 9.94. The number of unbranched alkanes of at least 4 members (excludes halogenated alkanes) is 3. The second kappa shape index (κ2) is 9.45. The van der Waals surface area contributed by atoms with Gasteiger partial charge in [-0.2, -0.15) is 0 Å². The van der Waals surface area contributed by atoms with E-state index in [1.165, 1.54) is 0 Å². The van der Waals surface area contributed by atoms with Crippen LogP contribution in [0.2, 0.25) is 0 Å². The largest absolute Gasteiger partial charge is 0.394 e. The topological polar surface area (TPSA) is 101 Å².